The smallest absolute Gasteiger partial charge is 0.250 e. The molecule has 1 aromatic heterocycles. The van der Waals surface area contributed by atoms with Gasteiger partial charge in [-0.3, -0.25) is 0 Å². The van der Waals surface area contributed by atoms with Crippen molar-refractivity contribution in [2.24, 2.45) is 5.92 Å². The Bertz CT molecular complexity index is 792. The third-order valence-electron chi connectivity index (χ3n) is 4.12. The molecule has 0 aliphatic carbocycles. The van der Waals surface area contributed by atoms with Crippen molar-refractivity contribution in [3.63, 3.8) is 0 Å². The SMILES string of the molecule is CN(C)S(=O)(=O)C[C@@H]1CN(c2nnnn2-c2ccccc2)C[C@H]1O. The van der Waals surface area contributed by atoms with E-state index in [2.05, 4.69) is 15.5 Å². The first kappa shape index (κ1) is 16.8. The Morgan fingerprint density at radius 3 is 2.62 bits per heavy atom. The highest BCUT2D eigenvalue weighted by Crippen LogP contribution is 2.25. The molecule has 130 valence electrons. The summed E-state index contributed by atoms with van der Waals surface area (Å²) in [5.74, 6) is -0.00628. The number of aliphatic hydroxyl groups excluding tert-OH is 1. The number of aliphatic hydroxyl groups is 1. The Morgan fingerprint density at radius 1 is 1.25 bits per heavy atom. The van der Waals surface area contributed by atoms with Gasteiger partial charge in [0, 0.05) is 33.1 Å². The number of hydrogen-bond acceptors (Lipinski definition) is 7. The van der Waals surface area contributed by atoms with Crippen LogP contribution in [-0.4, -0.2) is 77.1 Å². The molecule has 3 rings (SSSR count). The molecule has 0 spiro atoms. The number of nitrogens with zero attached hydrogens (tertiary/aromatic N) is 6. The van der Waals surface area contributed by atoms with Gasteiger partial charge >= 0.3 is 0 Å². The second-order valence-electron chi connectivity index (χ2n) is 6.02. The lowest BCUT2D eigenvalue weighted by Crippen LogP contribution is -2.33. The van der Waals surface area contributed by atoms with Crippen LogP contribution in [0.15, 0.2) is 30.3 Å². The molecule has 0 unspecified atom stereocenters. The molecule has 0 radical (unpaired) electrons. The number of tetrazole rings is 1. The Hall–Kier alpha value is -2.04. The van der Waals surface area contributed by atoms with E-state index in [0.29, 0.717) is 19.0 Å². The first-order valence-electron chi connectivity index (χ1n) is 7.55. The second-order valence-corrected chi connectivity index (χ2v) is 8.25. The number of hydrogen-bond donors (Lipinski definition) is 1. The summed E-state index contributed by atoms with van der Waals surface area (Å²) >= 11 is 0. The van der Waals surface area contributed by atoms with Gasteiger partial charge in [0.2, 0.25) is 16.0 Å². The molecule has 2 aromatic rings. The van der Waals surface area contributed by atoms with Crippen LogP contribution in [0.5, 0.6) is 0 Å². The zero-order valence-corrected chi connectivity index (χ0v) is 14.3. The molecule has 1 fully saturated rings. The maximum atomic E-state index is 12.1. The minimum Gasteiger partial charge on any atom is -0.391 e. The van der Waals surface area contributed by atoms with Crippen LogP contribution in [0.2, 0.25) is 0 Å². The Balaban J connectivity index is 1.80. The van der Waals surface area contributed by atoms with Gasteiger partial charge in [-0.05, 0) is 22.6 Å². The van der Waals surface area contributed by atoms with Crippen molar-refractivity contribution in [3.8, 4) is 5.69 Å². The lowest BCUT2D eigenvalue weighted by Gasteiger charge is -2.18. The fourth-order valence-electron chi connectivity index (χ4n) is 2.72. The van der Waals surface area contributed by atoms with Crippen LogP contribution in [0.3, 0.4) is 0 Å². The van der Waals surface area contributed by atoms with Gasteiger partial charge in [-0.15, -0.1) is 0 Å². The Labute approximate surface area is 140 Å². The first-order valence-corrected chi connectivity index (χ1v) is 9.16. The summed E-state index contributed by atoms with van der Waals surface area (Å²) in [6.45, 7) is 0.669. The number of aromatic nitrogens is 4. The molecule has 1 aromatic carbocycles. The molecule has 9 nitrogen and oxygen atoms in total. The van der Waals surface area contributed by atoms with E-state index in [1.54, 1.807) is 4.68 Å². The van der Waals surface area contributed by atoms with E-state index in [0.717, 1.165) is 5.69 Å². The van der Waals surface area contributed by atoms with E-state index in [1.807, 2.05) is 35.2 Å². The largest absolute Gasteiger partial charge is 0.391 e. The van der Waals surface area contributed by atoms with Crippen molar-refractivity contribution in [1.29, 1.82) is 0 Å². The normalized spacial score (nSPS) is 21.6. The van der Waals surface area contributed by atoms with Crippen molar-refractivity contribution in [3.05, 3.63) is 30.3 Å². The zero-order valence-electron chi connectivity index (χ0n) is 13.5. The van der Waals surface area contributed by atoms with Crippen LogP contribution in [0.4, 0.5) is 5.95 Å². The summed E-state index contributed by atoms with van der Waals surface area (Å²) in [4.78, 5) is 1.81. The van der Waals surface area contributed by atoms with Crippen LogP contribution in [-0.2, 0) is 10.0 Å². The highest BCUT2D eigenvalue weighted by atomic mass is 32.2. The molecule has 2 heterocycles. The Morgan fingerprint density at radius 2 is 1.96 bits per heavy atom. The maximum Gasteiger partial charge on any atom is 0.250 e. The number of para-hydroxylation sites is 1. The predicted molar refractivity (Wildman–Crippen MR) is 88.3 cm³/mol. The van der Waals surface area contributed by atoms with E-state index >= 15 is 0 Å². The van der Waals surface area contributed by atoms with Gasteiger partial charge in [0.25, 0.3) is 0 Å². The van der Waals surface area contributed by atoms with Crippen molar-refractivity contribution in [2.75, 3.05) is 37.8 Å². The van der Waals surface area contributed by atoms with E-state index in [4.69, 9.17) is 0 Å². The molecule has 0 amide bonds. The van der Waals surface area contributed by atoms with Crippen LogP contribution < -0.4 is 4.90 Å². The van der Waals surface area contributed by atoms with E-state index in [1.165, 1.54) is 18.4 Å². The molecule has 1 N–H and O–H groups in total. The molecule has 1 saturated heterocycles. The molecule has 0 bridgehead atoms. The third-order valence-corrected chi connectivity index (χ3v) is 6.09. The third kappa shape index (κ3) is 3.25. The summed E-state index contributed by atoms with van der Waals surface area (Å²) in [5, 5.41) is 22.0. The maximum absolute atomic E-state index is 12.1. The summed E-state index contributed by atoms with van der Waals surface area (Å²) in [7, 11) is -0.400. The lowest BCUT2D eigenvalue weighted by molar-refractivity contribution is 0.157. The minimum atomic E-state index is -3.38. The van der Waals surface area contributed by atoms with Gasteiger partial charge in [-0.2, -0.15) is 4.68 Å². The van der Waals surface area contributed by atoms with Gasteiger partial charge < -0.3 is 10.0 Å². The molecule has 0 saturated carbocycles. The Kier molecular flexibility index (Phi) is 4.52. The summed E-state index contributed by atoms with van der Waals surface area (Å²) < 4.78 is 26.9. The fraction of sp³-hybridized carbons (Fsp3) is 0.500. The highest BCUT2D eigenvalue weighted by molar-refractivity contribution is 7.89. The van der Waals surface area contributed by atoms with E-state index < -0.39 is 22.0 Å². The lowest BCUT2D eigenvalue weighted by atomic mass is 10.1. The second kappa shape index (κ2) is 6.46. The summed E-state index contributed by atoms with van der Waals surface area (Å²) in [6.07, 6.45) is -0.749. The van der Waals surface area contributed by atoms with Gasteiger partial charge in [0.1, 0.15) is 0 Å². The van der Waals surface area contributed by atoms with Crippen molar-refractivity contribution in [1.82, 2.24) is 24.5 Å². The van der Waals surface area contributed by atoms with Crippen molar-refractivity contribution < 1.29 is 13.5 Å². The number of benzene rings is 1. The number of anilines is 1. The van der Waals surface area contributed by atoms with Crippen LogP contribution in [0, 0.1) is 5.92 Å². The number of sulfonamides is 1. The fourth-order valence-corrected chi connectivity index (χ4v) is 3.88. The van der Waals surface area contributed by atoms with Gasteiger partial charge in [-0.25, -0.2) is 12.7 Å². The van der Waals surface area contributed by atoms with Crippen molar-refractivity contribution in [2.45, 2.75) is 6.10 Å². The topological polar surface area (TPSA) is 104 Å². The van der Waals surface area contributed by atoms with Crippen molar-refractivity contribution >= 4 is 16.0 Å². The minimum absolute atomic E-state index is 0.107. The number of β-amino-alcohol motifs (C(OH)–C–C–N with tert-alkyl or cyclic N) is 1. The molecule has 1 aliphatic heterocycles. The van der Waals surface area contributed by atoms with Crippen LogP contribution >= 0.6 is 0 Å². The average Bonchev–Trinajstić information content (AvgIpc) is 3.15. The molecular formula is C14H20N6O3S. The molecular weight excluding hydrogens is 332 g/mol. The summed E-state index contributed by atoms with van der Waals surface area (Å²) in [6, 6.07) is 9.41. The van der Waals surface area contributed by atoms with Crippen LogP contribution in [0.25, 0.3) is 5.69 Å². The molecule has 10 heteroatoms. The predicted octanol–water partition coefficient (Wildman–Crippen LogP) is -0.649. The zero-order chi connectivity index (χ0) is 17.3. The van der Waals surface area contributed by atoms with Crippen LogP contribution in [0.1, 0.15) is 0 Å². The van der Waals surface area contributed by atoms with E-state index in [9.17, 15) is 13.5 Å². The quantitative estimate of drug-likeness (QED) is 0.762. The van der Waals surface area contributed by atoms with Gasteiger partial charge in [0.15, 0.2) is 0 Å². The van der Waals surface area contributed by atoms with E-state index in [-0.39, 0.29) is 5.75 Å². The molecule has 1 aliphatic rings. The number of rotatable bonds is 5. The average molecular weight is 352 g/mol. The first-order chi connectivity index (χ1) is 11.4. The monoisotopic (exact) mass is 352 g/mol. The highest BCUT2D eigenvalue weighted by Gasteiger charge is 2.37. The van der Waals surface area contributed by atoms with Gasteiger partial charge in [-0.1, -0.05) is 23.3 Å². The summed E-state index contributed by atoms with van der Waals surface area (Å²) in [5.41, 5.74) is 0.802. The molecule has 24 heavy (non-hydrogen) atoms. The molecule has 2 atom stereocenters. The standard InChI is InChI=1S/C14H20N6O3S/c1-18(2)24(22,23)10-11-8-19(9-13(11)21)14-15-16-17-20(14)12-6-4-3-5-7-12/h3-7,11,13,21H,8-10H2,1-2H3/t11-,13+/m0/s1. The van der Waals surface area contributed by atoms with Gasteiger partial charge in [0.05, 0.1) is 17.5 Å².